The molecule has 1 aliphatic rings. The highest BCUT2D eigenvalue weighted by Gasteiger charge is 2.24. The van der Waals surface area contributed by atoms with E-state index in [9.17, 15) is 15.0 Å². The maximum atomic E-state index is 12.1. The predicted molar refractivity (Wildman–Crippen MR) is 64.3 cm³/mol. The number of hydrogen-bond donors (Lipinski definition) is 2. The first-order valence-corrected chi connectivity index (χ1v) is 5.91. The molecule has 17 heavy (non-hydrogen) atoms. The van der Waals surface area contributed by atoms with Crippen LogP contribution in [-0.4, -0.2) is 40.2 Å². The first-order chi connectivity index (χ1) is 8.08. The van der Waals surface area contributed by atoms with Crippen molar-refractivity contribution in [1.29, 1.82) is 0 Å². The molecule has 0 unspecified atom stereocenters. The number of aliphatic hydroxyl groups is 1. The molecule has 1 amide bonds. The quantitative estimate of drug-likeness (QED) is 0.802. The van der Waals surface area contributed by atoms with Gasteiger partial charge in [-0.25, -0.2) is 0 Å². The molecule has 1 saturated heterocycles. The SMILES string of the molecule is O=C(c1cc(Cl)ccc1O)N1CCC(O)CC1. The van der Waals surface area contributed by atoms with Gasteiger partial charge in [-0.15, -0.1) is 0 Å². The smallest absolute Gasteiger partial charge is 0.257 e. The highest BCUT2D eigenvalue weighted by atomic mass is 35.5. The summed E-state index contributed by atoms with van der Waals surface area (Å²) in [6.07, 6.45) is 0.826. The van der Waals surface area contributed by atoms with Crippen LogP contribution in [0.5, 0.6) is 5.75 Å². The minimum absolute atomic E-state index is 0.0643. The number of phenolic OH excluding ortho intramolecular Hbond substituents is 1. The van der Waals surface area contributed by atoms with E-state index in [1.54, 1.807) is 4.90 Å². The molecule has 4 nitrogen and oxygen atoms in total. The third-order valence-corrected chi connectivity index (χ3v) is 3.18. The van der Waals surface area contributed by atoms with Gasteiger partial charge in [0.15, 0.2) is 0 Å². The van der Waals surface area contributed by atoms with Gasteiger partial charge in [0, 0.05) is 18.1 Å². The third-order valence-electron chi connectivity index (χ3n) is 2.94. The van der Waals surface area contributed by atoms with Crippen molar-refractivity contribution < 1.29 is 15.0 Å². The zero-order valence-electron chi connectivity index (χ0n) is 9.27. The maximum absolute atomic E-state index is 12.1. The average molecular weight is 256 g/mol. The summed E-state index contributed by atoms with van der Waals surface area (Å²) >= 11 is 5.80. The van der Waals surface area contributed by atoms with E-state index in [1.165, 1.54) is 18.2 Å². The molecule has 1 fully saturated rings. The number of rotatable bonds is 1. The number of amides is 1. The van der Waals surface area contributed by atoms with Crippen LogP contribution in [0.3, 0.4) is 0 Å². The minimum atomic E-state index is -0.327. The van der Waals surface area contributed by atoms with Crippen molar-refractivity contribution in [3.63, 3.8) is 0 Å². The molecule has 0 spiro atoms. The van der Waals surface area contributed by atoms with Crippen LogP contribution in [0.25, 0.3) is 0 Å². The maximum Gasteiger partial charge on any atom is 0.257 e. The third kappa shape index (κ3) is 2.70. The van der Waals surface area contributed by atoms with Crippen LogP contribution in [0.2, 0.25) is 5.02 Å². The summed E-state index contributed by atoms with van der Waals surface area (Å²) in [6.45, 7) is 1.01. The zero-order chi connectivity index (χ0) is 12.4. The molecule has 5 heteroatoms. The van der Waals surface area contributed by atoms with Crippen LogP contribution < -0.4 is 0 Å². The number of aromatic hydroxyl groups is 1. The van der Waals surface area contributed by atoms with E-state index in [2.05, 4.69) is 0 Å². The van der Waals surface area contributed by atoms with Crippen molar-refractivity contribution in [2.24, 2.45) is 0 Å². The number of likely N-dealkylation sites (tertiary alicyclic amines) is 1. The second kappa shape index (κ2) is 4.94. The topological polar surface area (TPSA) is 60.8 Å². The normalized spacial score (nSPS) is 17.2. The Bertz CT molecular complexity index is 428. The molecule has 1 heterocycles. The summed E-state index contributed by atoms with van der Waals surface area (Å²) < 4.78 is 0. The predicted octanol–water partition coefficient (Wildman–Crippen LogP) is 1.64. The molecule has 1 aromatic rings. The van der Waals surface area contributed by atoms with Gasteiger partial charge in [-0.3, -0.25) is 4.79 Å². The van der Waals surface area contributed by atoms with Gasteiger partial charge in [0.05, 0.1) is 11.7 Å². The number of halogens is 1. The first kappa shape index (κ1) is 12.2. The molecule has 2 N–H and O–H groups in total. The molecule has 0 bridgehead atoms. The van der Waals surface area contributed by atoms with Crippen molar-refractivity contribution >= 4 is 17.5 Å². The number of benzene rings is 1. The Balaban J connectivity index is 2.16. The van der Waals surface area contributed by atoms with Crippen molar-refractivity contribution in [3.05, 3.63) is 28.8 Å². The Morgan fingerprint density at radius 2 is 2.00 bits per heavy atom. The molecule has 0 aromatic heterocycles. The van der Waals surface area contributed by atoms with E-state index in [1.807, 2.05) is 0 Å². The largest absolute Gasteiger partial charge is 0.507 e. The number of aliphatic hydroxyl groups excluding tert-OH is 1. The lowest BCUT2D eigenvalue weighted by Gasteiger charge is -2.29. The molecule has 1 aromatic carbocycles. The van der Waals surface area contributed by atoms with Gasteiger partial charge in [0.2, 0.25) is 0 Å². The van der Waals surface area contributed by atoms with Crippen LogP contribution in [0.1, 0.15) is 23.2 Å². The van der Waals surface area contributed by atoms with E-state index >= 15 is 0 Å². The lowest BCUT2D eigenvalue weighted by molar-refractivity contribution is 0.0544. The summed E-state index contributed by atoms with van der Waals surface area (Å²) in [4.78, 5) is 13.7. The molecule has 2 rings (SSSR count). The van der Waals surface area contributed by atoms with Crippen molar-refractivity contribution in [2.75, 3.05) is 13.1 Å². The number of nitrogens with zero attached hydrogens (tertiary/aromatic N) is 1. The summed E-state index contributed by atoms with van der Waals surface area (Å²) in [7, 11) is 0. The molecule has 1 aliphatic heterocycles. The van der Waals surface area contributed by atoms with Gasteiger partial charge in [0.25, 0.3) is 5.91 Å². The van der Waals surface area contributed by atoms with Crippen molar-refractivity contribution in [1.82, 2.24) is 4.90 Å². The average Bonchev–Trinajstić information content (AvgIpc) is 2.32. The lowest BCUT2D eigenvalue weighted by atomic mass is 10.1. The lowest BCUT2D eigenvalue weighted by Crippen LogP contribution is -2.40. The number of hydrogen-bond acceptors (Lipinski definition) is 3. The molecular weight excluding hydrogens is 242 g/mol. The van der Waals surface area contributed by atoms with Crippen LogP contribution in [0.4, 0.5) is 0 Å². The summed E-state index contributed by atoms with van der Waals surface area (Å²) in [5, 5.41) is 19.4. The van der Waals surface area contributed by atoms with Gasteiger partial charge >= 0.3 is 0 Å². The Hall–Kier alpha value is -1.26. The molecule has 0 atom stereocenters. The van der Waals surface area contributed by atoms with E-state index in [4.69, 9.17) is 11.6 Å². The second-order valence-electron chi connectivity index (χ2n) is 4.18. The van der Waals surface area contributed by atoms with Crippen LogP contribution in [-0.2, 0) is 0 Å². The Morgan fingerprint density at radius 3 is 2.65 bits per heavy atom. The Morgan fingerprint density at radius 1 is 1.35 bits per heavy atom. The Kier molecular flexibility index (Phi) is 3.54. The van der Waals surface area contributed by atoms with Gasteiger partial charge in [-0.1, -0.05) is 11.6 Å². The number of carbonyl (C=O) groups excluding carboxylic acids is 1. The fraction of sp³-hybridized carbons (Fsp3) is 0.417. The standard InChI is InChI=1S/C12H14ClNO3/c13-8-1-2-11(16)10(7-8)12(17)14-5-3-9(15)4-6-14/h1-2,7,9,15-16H,3-6H2. The summed E-state index contributed by atoms with van der Waals surface area (Å²) in [6, 6.07) is 4.41. The fourth-order valence-electron chi connectivity index (χ4n) is 1.92. The van der Waals surface area contributed by atoms with E-state index in [0.717, 1.165) is 0 Å². The number of phenols is 1. The number of carbonyl (C=O) groups is 1. The van der Waals surface area contributed by atoms with Crippen molar-refractivity contribution in [3.8, 4) is 5.75 Å². The highest BCUT2D eigenvalue weighted by molar-refractivity contribution is 6.31. The van der Waals surface area contributed by atoms with Gasteiger partial charge in [-0.2, -0.15) is 0 Å². The molecule has 0 radical (unpaired) electrons. The van der Waals surface area contributed by atoms with E-state index in [-0.39, 0.29) is 23.3 Å². The number of piperidine rings is 1. The van der Waals surface area contributed by atoms with Gasteiger partial charge < -0.3 is 15.1 Å². The van der Waals surface area contributed by atoms with Gasteiger partial charge in [-0.05, 0) is 31.0 Å². The molecule has 92 valence electrons. The van der Waals surface area contributed by atoms with Crippen LogP contribution in [0.15, 0.2) is 18.2 Å². The Labute approximate surface area is 104 Å². The summed E-state index contributed by atoms with van der Waals surface area (Å²) in [5.74, 6) is -0.303. The molecule has 0 saturated carbocycles. The van der Waals surface area contributed by atoms with Gasteiger partial charge in [0.1, 0.15) is 5.75 Å². The zero-order valence-corrected chi connectivity index (χ0v) is 10.0. The van der Waals surface area contributed by atoms with Crippen LogP contribution >= 0.6 is 11.6 Å². The van der Waals surface area contributed by atoms with E-state index < -0.39 is 0 Å². The molecule has 0 aliphatic carbocycles. The summed E-state index contributed by atoms with van der Waals surface area (Å²) in [5.41, 5.74) is 0.217. The first-order valence-electron chi connectivity index (χ1n) is 5.54. The fourth-order valence-corrected chi connectivity index (χ4v) is 2.09. The monoisotopic (exact) mass is 255 g/mol. The van der Waals surface area contributed by atoms with Crippen LogP contribution in [0, 0.1) is 0 Å². The molecular formula is C12H14ClNO3. The second-order valence-corrected chi connectivity index (χ2v) is 4.62. The minimum Gasteiger partial charge on any atom is -0.507 e. The van der Waals surface area contributed by atoms with E-state index in [0.29, 0.717) is 31.0 Å². The highest BCUT2D eigenvalue weighted by Crippen LogP contribution is 2.24. The van der Waals surface area contributed by atoms with Crippen molar-refractivity contribution in [2.45, 2.75) is 18.9 Å².